The summed E-state index contributed by atoms with van der Waals surface area (Å²) in [5.41, 5.74) is 0.594. The Kier molecular flexibility index (Phi) is 5.49. The van der Waals surface area contributed by atoms with Crippen LogP contribution >= 0.6 is 0 Å². The number of rotatable bonds is 6. The Balaban J connectivity index is 2.49. The lowest BCUT2D eigenvalue weighted by Crippen LogP contribution is -2.28. The van der Waals surface area contributed by atoms with Crippen LogP contribution in [-0.4, -0.2) is 45.4 Å². The second-order valence-corrected chi connectivity index (χ2v) is 5.10. The van der Waals surface area contributed by atoms with Crippen LogP contribution in [0, 0.1) is 0 Å². The van der Waals surface area contributed by atoms with Crippen molar-refractivity contribution in [3.8, 4) is 17.2 Å². The largest absolute Gasteiger partial charge is 0.493 e. The number of carbonyl (C=O) groups is 2. The van der Waals surface area contributed by atoms with Gasteiger partial charge in [0.25, 0.3) is 5.91 Å². The highest BCUT2D eigenvalue weighted by Crippen LogP contribution is 2.38. The molecule has 2 rings (SSSR count). The fourth-order valence-electron chi connectivity index (χ4n) is 2.45. The highest BCUT2D eigenvalue weighted by Gasteiger charge is 2.22. The van der Waals surface area contributed by atoms with Crippen molar-refractivity contribution < 1.29 is 28.9 Å². The predicted molar refractivity (Wildman–Crippen MR) is 92.2 cm³/mol. The highest BCUT2D eigenvalue weighted by atomic mass is 16.5. The summed E-state index contributed by atoms with van der Waals surface area (Å²) in [5.74, 6) is -0.474. The quantitative estimate of drug-likeness (QED) is 0.866. The Morgan fingerprint density at radius 2 is 1.52 bits per heavy atom. The monoisotopic (exact) mass is 345 g/mol. The molecule has 1 N–H and O–H groups in total. The van der Waals surface area contributed by atoms with Gasteiger partial charge < -0.3 is 24.2 Å². The van der Waals surface area contributed by atoms with Gasteiger partial charge in [0, 0.05) is 12.6 Å². The maximum absolute atomic E-state index is 12.8. The fourth-order valence-corrected chi connectivity index (χ4v) is 2.45. The number of carbonyl (C=O) groups excluding carboxylic acids is 1. The summed E-state index contributed by atoms with van der Waals surface area (Å²) in [6.45, 7) is 0. The number of anilines is 1. The van der Waals surface area contributed by atoms with Gasteiger partial charge in [-0.1, -0.05) is 12.1 Å². The molecule has 0 aliphatic carbocycles. The molecule has 1 amide bonds. The number of amides is 1. The van der Waals surface area contributed by atoms with Crippen molar-refractivity contribution in [3.05, 3.63) is 47.5 Å². The van der Waals surface area contributed by atoms with Gasteiger partial charge in [-0.2, -0.15) is 0 Å². The zero-order valence-electron chi connectivity index (χ0n) is 14.4. The molecule has 0 saturated heterocycles. The van der Waals surface area contributed by atoms with Crippen LogP contribution < -0.4 is 19.1 Å². The minimum absolute atomic E-state index is 0.0331. The number of hydrogen-bond acceptors (Lipinski definition) is 5. The van der Waals surface area contributed by atoms with E-state index in [9.17, 15) is 14.7 Å². The van der Waals surface area contributed by atoms with Crippen molar-refractivity contribution in [2.45, 2.75) is 0 Å². The van der Waals surface area contributed by atoms with Crippen LogP contribution in [0.4, 0.5) is 5.69 Å². The van der Waals surface area contributed by atoms with Gasteiger partial charge in [-0.3, -0.25) is 4.79 Å². The van der Waals surface area contributed by atoms with E-state index in [0.29, 0.717) is 17.2 Å². The summed E-state index contributed by atoms with van der Waals surface area (Å²) in [7, 11) is 5.88. The molecule has 0 saturated carbocycles. The van der Waals surface area contributed by atoms with Crippen LogP contribution in [0.3, 0.4) is 0 Å². The molecule has 0 bridgehead atoms. The molecule has 0 radical (unpaired) electrons. The number of methoxy groups -OCH3 is 3. The van der Waals surface area contributed by atoms with Gasteiger partial charge in [0.15, 0.2) is 11.5 Å². The van der Waals surface area contributed by atoms with Gasteiger partial charge in [-0.15, -0.1) is 0 Å². The van der Waals surface area contributed by atoms with Crippen LogP contribution in [0.25, 0.3) is 0 Å². The first-order valence-electron chi connectivity index (χ1n) is 7.35. The standard InChI is InChI=1S/C18H19NO6/c1-19(13-8-6-5-7-12(13)18(21)22)17(20)11-9-14(23-2)16(25-4)15(10-11)24-3/h5-10H,1-4H3,(H,21,22). The number of aromatic carboxylic acids is 1. The molecule has 0 aliphatic rings. The van der Waals surface area contributed by atoms with Crippen LogP contribution in [0.5, 0.6) is 17.2 Å². The van der Waals surface area contributed by atoms with E-state index in [-0.39, 0.29) is 16.8 Å². The number of ether oxygens (including phenoxy) is 3. The molecule has 0 aliphatic heterocycles. The van der Waals surface area contributed by atoms with E-state index in [0.717, 1.165) is 0 Å². The van der Waals surface area contributed by atoms with Crippen LogP contribution in [0.15, 0.2) is 36.4 Å². The van der Waals surface area contributed by atoms with E-state index < -0.39 is 11.9 Å². The molecule has 7 heteroatoms. The number of hydrogen-bond donors (Lipinski definition) is 1. The first-order valence-corrected chi connectivity index (χ1v) is 7.35. The third-order valence-electron chi connectivity index (χ3n) is 3.71. The number of para-hydroxylation sites is 1. The first kappa shape index (κ1) is 18.1. The molecule has 0 unspecified atom stereocenters. The van der Waals surface area contributed by atoms with Gasteiger partial charge in [0.2, 0.25) is 5.75 Å². The van der Waals surface area contributed by atoms with Crippen LogP contribution in [0.2, 0.25) is 0 Å². The Labute approximate surface area is 145 Å². The minimum Gasteiger partial charge on any atom is -0.493 e. The Morgan fingerprint density at radius 1 is 0.960 bits per heavy atom. The molecule has 0 aromatic heterocycles. The van der Waals surface area contributed by atoms with E-state index in [1.807, 2.05) is 0 Å². The smallest absolute Gasteiger partial charge is 0.337 e. The van der Waals surface area contributed by atoms with Gasteiger partial charge in [-0.05, 0) is 24.3 Å². The number of carboxylic acid groups (broad SMARTS) is 1. The van der Waals surface area contributed by atoms with Crippen LogP contribution in [-0.2, 0) is 0 Å². The zero-order valence-corrected chi connectivity index (χ0v) is 14.4. The van der Waals surface area contributed by atoms with Crippen molar-refractivity contribution in [2.75, 3.05) is 33.3 Å². The molecular weight excluding hydrogens is 326 g/mol. The first-order chi connectivity index (χ1) is 11.9. The molecule has 0 atom stereocenters. The molecule has 0 fully saturated rings. The maximum Gasteiger partial charge on any atom is 0.337 e. The molecule has 132 valence electrons. The lowest BCUT2D eigenvalue weighted by Gasteiger charge is -2.21. The second-order valence-electron chi connectivity index (χ2n) is 5.10. The van der Waals surface area contributed by atoms with Gasteiger partial charge in [-0.25, -0.2) is 4.79 Å². The SMILES string of the molecule is COc1cc(C(=O)N(C)c2ccccc2C(=O)O)cc(OC)c1OC. The third-order valence-corrected chi connectivity index (χ3v) is 3.71. The van der Waals surface area contributed by atoms with Crippen molar-refractivity contribution in [2.24, 2.45) is 0 Å². The normalized spacial score (nSPS) is 10.1. The summed E-state index contributed by atoms with van der Waals surface area (Å²) in [4.78, 5) is 25.5. The topological polar surface area (TPSA) is 85.3 Å². The molecule has 0 spiro atoms. The van der Waals surface area contributed by atoms with E-state index in [4.69, 9.17) is 14.2 Å². The summed E-state index contributed by atoms with van der Waals surface area (Å²) in [6, 6.07) is 9.31. The minimum atomic E-state index is -1.11. The zero-order chi connectivity index (χ0) is 18.6. The van der Waals surface area contributed by atoms with Crippen LogP contribution in [0.1, 0.15) is 20.7 Å². The average molecular weight is 345 g/mol. The fraction of sp³-hybridized carbons (Fsp3) is 0.222. The van der Waals surface area contributed by atoms with Gasteiger partial charge in [0.05, 0.1) is 32.6 Å². The summed E-state index contributed by atoms with van der Waals surface area (Å²) >= 11 is 0. The molecule has 7 nitrogen and oxygen atoms in total. The van der Waals surface area contributed by atoms with E-state index in [1.54, 1.807) is 18.2 Å². The summed E-state index contributed by atoms with van der Waals surface area (Å²) in [6.07, 6.45) is 0. The number of nitrogens with zero attached hydrogens (tertiary/aromatic N) is 1. The number of carboxylic acids is 1. The lowest BCUT2D eigenvalue weighted by molar-refractivity contribution is 0.0697. The van der Waals surface area contributed by atoms with Crippen molar-refractivity contribution in [1.29, 1.82) is 0 Å². The van der Waals surface area contributed by atoms with E-state index in [2.05, 4.69) is 0 Å². The third kappa shape index (κ3) is 3.50. The number of benzene rings is 2. The lowest BCUT2D eigenvalue weighted by atomic mass is 10.1. The Bertz CT molecular complexity index is 777. The van der Waals surface area contributed by atoms with E-state index in [1.165, 1.54) is 51.5 Å². The average Bonchev–Trinajstić information content (AvgIpc) is 2.65. The Morgan fingerprint density at radius 3 is 2.00 bits per heavy atom. The summed E-state index contributed by atoms with van der Waals surface area (Å²) in [5, 5.41) is 9.31. The Hall–Kier alpha value is -3.22. The maximum atomic E-state index is 12.8. The second kappa shape index (κ2) is 7.57. The van der Waals surface area contributed by atoms with Crippen molar-refractivity contribution in [1.82, 2.24) is 0 Å². The predicted octanol–water partition coefficient (Wildman–Crippen LogP) is 2.69. The molecule has 2 aromatic carbocycles. The van der Waals surface area contributed by atoms with Gasteiger partial charge in [0.1, 0.15) is 0 Å². The molecule has 0 heterocycles. The molecule has 25 heavy (non-hydrogen) atoms. The van der Waals surface area contributed by atoms with E-state index >= 15 is 0 Å². The van der Waals surface area contributed by atoms with Crippen molar-refractivity contribution >= 4 is 17.6 Å². The highest BCUT2D eigenvalue weighted by molar-refractivity contribution is 6.09. The molecule has 2 aromatic rings. The molecular formula is C18H19NO6. The van der Waals surface area contributed by atoms with Crippen molar-refractivity contribution in [3.63, 3.8) is 0 Å². The van der Waals surface area contributed by atoms with Gasteiger partial charge >= 0.3 is 5.97 Å². The summed E-state index contributed by atoms with van der Waals surface area (Å²) < 4.78 is 15.7.